The van der Waals surface area contributed by atoms with E-state index in [1.807, 2.05) is 0 Å². The summed E-state index contributed by atoms with van der Waals surface area (Å²) in [5.74, 6) is -1.28. The fraction of sp³-hybridized carbons (Fsp3) is 0.250. The van der Waals surface area contributed by atoms with Crippen LogP contribution in [0.3, 0.4) is 0 Å². The SMILES string of the molecule is Cc1cc(C)c(S(=O)CC(F)(F)F)cc1N=C(N)c1ccc(Cl)nc1. The molecule has 2 N–H and O–H groups in total. The zero-order valence-electron chi connectivity index (χ0n) is 13.4. The van der Waals surface area contributed by atoms with Gasteiger partial charge in [0.1, 0.15) is 16.7 Å². The molecule has 1 aromatic carbocycles. The van der Waals surface area contributed by atoms with Crippen molar-refractivity contribution in [1.29, 1.82) is 0 Å². The monoisotopic (exact) mass is 389 g/mol. The minimum Gasteiger partial charge on any atom is -0.383 e. The summed E-state index contributed by atoms with van der Waals surface area (Å²) in [6, 6.07) is 6.18. The number of nitrogens with zero attached hydrogens (tertiary/aromatic N) is 2. The van der Waals surface area contributed by atoms with Crippen molar-refractivity contribution in [2.24, 2.45) is 10.7 Å². The Balaban J connectivity index is 2.41. The molecule has 25 heavy (non-hydrogen) atoms. The maximum absolute atomic E-state index is 12.5. The number of hydrogen-bond acceptors (Lipinski definition) is 3. The van der Waals surface area contributed by atoms with Crippen molar-refractivity contribution in [3.8, 4) is 0 Å². The van der Waals surface area contributed by atoms with Crippen molar-refractivity contribution in [2.45, 2.75) is 24.9 Å². The molecular weight excluding hydrogens is 375 g/mol. The van der Waals surface area contributed by atoms with Crippen molar-refractivity contribution in [2.75, 3.05) is 5.75 Å². The Morgan fingerprint density at radius 3 is 2.52 bits per heavy atom. The van der Waals surface area contributed by atoms with E-state index in [0.29, 0.717) is 27.5 Å². The second-order valence-corrected chi connectivity index (χ2v) is 7.18. The van der Waals surface area contributed by atoms with Gasteiger partial charge in [-0.1, -0.05) is 17.7 Å². The Hall–Kier alpha value is -1.93. The molecule has 0 bridgehead atoms. The van der Waals surface area contributed by atoms with Gasteiger partial charge >= 0.3 is 6.18 Å². The highest BCUT2D eigenvalue weighted by molar-refractivity contribution is 7.85. The highest BCUT2D eigenvalue weighted by Gasteiger charge is 2.31. The summed E-state index contributed by atoms with van der Waals surface area (Å²) in [5, 5.41) is 0.299. The van der Waals surface area contributed by atoms with Crippen molar-refractivity contribution >= 4 is 33.9 Å². The molecule has 1 unspecified atom stereocenters. The summed E-state index contributed by atoms with van der Waals surface area (Å²) in [7, 11) is -2.21. The smallest absolute Gasteiger partial charge is 0.383 e. The van der Waals surface area contributed by atoms with E-state index in [-0.39, 0.29) is 10.7 Å². The molecule has 2 aromatic rings. The van der Waals surface area contributed by atoms with Crippen LogP contribution in [-0.2, 0) is 10.8 Å². The number of amidine groups is 1. The lowest BCUT2D eigenvalue weighted by molar-refractivity contribution is -0.105. The average molecular weight is 390 g/mol. The Kier molecular flexibility index (Phi) is 5.84. The van der Waals surface area contributed by atoms with Crippen LogP contribution in [-0.4, -0.2) is 27.0 Å². The molecular formula is C16H15ClF3N3OS. The number of rotatable bonds is 4. The van der Waals surface area contributed by atoms with Crippen molar-refractivity contribution in [3.63, 3.8) is 0 Å². The normalized spacial score (nSPS) is 13.8. The molecule has 0 radical (unpaired) electrons. The van der Waals surface area contributed by atoms with Crippen LogP contribution >= 0.6 is 11.6 Å². The largest absolute Gasteiger partial charge is 0.400 e. The topological polar surface area (TPSA) is 68.3 Å². The molecule has 0 spiro atoms. The summed E-state index contributed by atoms with van der Waals surface area (Å²) in [4.78, 5) is 8.22. The van der Waals surface area contributed by atoms with Gasteiger partial charge in [0.05, 0.1) is 16.5 Å². The Bertz CT molecular complexity index is 836. The first-order chi connectivity index (χ1) is 11.6. The van der Waals surface area contributed by atoms with E-state index in [1.165, 1.54) is 12.3 Å². The molecule has 1 aromatic heterocycles. The molecule has 4 nitrogen and oxygen atoms in total. The van der Waals surface area contributed by atoms with Gasteiger partial charge in [-0.2, -0.15) is 13.2 Å². The third kappa shape index (κ3) is 5.27. The van der Waals surface area contributed by atoms with Gasteiger partial charge in [-0.15, -0.1) is 0 Å². The lowest BCUT2D eigenvalue weighted by atomic mass is 10.1. The molecule has 1 heterocycles. The number of hydrogen-bond donors (Lipinski definition) is 1. The number of nitrogens with two attached hydrogens (primary N) is 1. The lowest BCUT2D eigenvalue weighted by Crippen LogP contribution is -2.19. The number of aliphatic imine (C=N–C) groups is 1. The van der Waals surface area contributed by atoms with E-state index >= 15 is 0 Å². The van der Waals surface area contributed by atoms with E-state index in [4.69, 9.17) is 17.3 Å². The highest BCUT2D eigenvalue weighted by atomic mass is 35.5. The Morgan fingerprint density at radius 1 is 1.28 bits per heavy atom. The fourth-order valence-electron chi connectivity index (χ4n) is 2.14. The molecule has 0 saturated carbocycles. The lowest BCUT2D eigenvalue weighted by Gasteiger charge is -2.12. The van der Waals surface area contributed by atoms with Crippen LogP contribution in [0.2, 0.25) is 5.15 Å². The van der Waals surface area contributed by atoms with Crippen LogP contribution in [0, 0.1) is 13.8 Å². The summed E-state index contributed by atoms with van der Waals surface area (Å²) >= 11 is 5.71. The first kappa shape index (κ1) is 19.4. The third-order valence-corrected chi connectivity index (χ3v) is 5.04. The maximum atomic E-state index is 12.5. The minimum atomic E-state index is -4.51. The summed E-state index contributed by atoms with van der Waals surface area (Å²) in [6.45, 7) is 3.35. The molecule has 0 fully saturated rings. The van der Waals surface area contributed by atoms with Crippen LogP contribution in [0.25, 0.3) is 0 Å². The fourth-order valence-corrected chi connectivity index (χ4v) is 3.36. The minimum absolute atomic E-state index is 0.0868. The second kappa shape index (κ2) is 7.53. The maximum Gasteiger partial charge on any atom is 0.400 e. The van der Waals surface area contributed by atoms with Crippen molar-refractivity contribution in [3.05, 3.63) is 52.3 Å². The second-order valence-electron chi connectivity index (χ2n) is 5.38. The number of alkyl halides is 3. The molecule has 2 rings (SSSR count). The summed E-state index contributed by atoms with van der Waals surface area (Å²) in [6.07, 6.45) is -3.08. The van der Waals surface area contributed by atoms with Gasteiger partial charge in [0.25, 0.3) is 0 Å². The number of pyridine rings is 1. The first-order valence-electron chi connectivity index (χ1n) is 7.09. The molecule has 0 saturated heterocycles. The van der Waals surface area contributed by atoms with Crippen LogP contribution in [0.15, 0.2) is 40.4 Å². The van der Waals surface area contributed by atoms with Gasteiger partial charge in [0.15, 0.2) is 0 Å². The van der Waals surface area contributed by atoms with E-state index < -0.39 is 22.7 Å². The zero-order chi connectivity index (χ0) is 18.8. The van der Waals surface area contributed by atoms with Gasteiger partial charge in [0, 0.05) is 16.7 Å². The molecule has 0 aliphatic carbocycles. The van der Waals surface area contributed by atoms with Gasteiger partial charge in [0.2, 0.25) is 0 Å². The van der Waals surface area contributed by atoms with E-state index in [0.717, 1.165) is 0 Å². The number of benzene rings is 1. The molecule has 0 aliphatic heterocycles. The highest BCUT2D eigenvalue weighted by Crippen LogP contribution is 2.28. The van der Waals surface area contributed by atoms with Crippen LogP contribution < -0.4 is 5.73 Å². The number of halogens is 4. The molecule has 134 valence electrons. The first-order valence-corrected chi connectivity index (χ1v) is 8.79. The van der Waals surface area contributed by atoms with Crippen molar-refractivity contribution < 1.29 is 17.4 Å². The van der Waals surface area contributed by atoms with Gasteiger partial charge in [-0.3, -0.25) is 4.21 Å². The van der Waals surface area contributed by atoms with Crippen LogP contribution in [0.1, 0.15) is 16.7 Å². The molecule has 0 aliphatic rings. The number of aryl methyl sites for hydroxylation is 2. The molecule has 9 heteroatoms. The average Bonchev–Trinajstić information content (AvgIpc) is 2.48. The van der Waals surface area contributed by atoms with E-state index in [2.05, 4.69) is 9.98 Å². The predicted molar refractivity (Wildman–Crippen MR) is 92.9 cm³/mol. The van der Waals surface area contributed by atoms with Gasteiger partial charge < -0.3 is 5.73 Å². The quantitative estimate of drug-likeness (QED) is 0.487. The van der Waals surface area contributed by atoms with E-state index in [1.54, 1.807) is 32.0 Å². The van der Waals surface area contributed by atoms with Crippen molar-refractivity contribution in [1.82, 2.24) is 4.98 Å². The van der Waals surface area contributed by atoms with Gasteiger partial charge in [-0.25, -0.2) is 9.98 Å². The summed E-state index contributed by atoms with van der Waals surface area (Å²) in [5.41, 5.74) is 8.00. The zero-order valence-corrected chi connectivity index (χ0v) is 15.0. The number of aromatic nitrogens is 1. The molecule has 0 amide bonds. The standard InChI is InChI=1S/C16H15ClF3N3OS/c1-9-5-10(2)13(25(24)8-16(18,19)20)6-12(9)23-15(21)11-3-4-14(17)22-7-11/h3-7H,8H2,1-2H3,(H2,21,23). The predicted octanol–water partition coefficient (Wildman–Crippen LogP) is 4.06. The Labute approximate surface area is 150 Å². The van der Waals surface area contributed by atoms with Crippen LogP contribution in [0.5, 0.6) is 0 Å². The van der Waals surface area contributed by atoms with E-state index in [9.17, 15) is 17.4 Å². The third-order valence-electron chi connectivity index (χ3n) is 3.30. The van der Waals surface area contributed by atoms with Crippen LogP contribution in [0.4, 0.5) is 18.9 Å². The summed E-state index contributed by atoms with van der Waals surface area (Å²) < 4.78 is 49.6. The Morgan fingerprint density at radius 2 is 1.96 bits per heavy atom. The van der Waals surface area contributed by atoms with Gasteiger partial charge in [-0.05, 0) is 43.2 Å². The molecule has 1 atom stereocenters.